The van der Waals surface area contributed by atoms with Crippen molar-refractivity contribution in [1.82, 2.24) is 0 Å². The second-order valence-corrected chi connectivity index (χ2v) is 3.73. The molecule has 0 aromatic rings. The highest BCUT2D eigenvalue weighted by atomic mass is 16.3. The zero-order chi connectivity index (χ0) is 9.61. The maximum absolute atomic E-state index is 9.96. The molecular formula is C10H22O2. The van der Waals surface area contributed by atoms with Crippen molar-refractivity contribution >= 4 is 0 Å². The summed E-state index contributed by atoms with van der Waals surface area (Å²) in [5, 5.41) is 19.1. The molecule has 0 rings (SSSR count). The number of aliphatic hydroxyl groups excluding tert-OH is 1. The zero-order valence-electron chi connectivity index (χ0n) is 8.51. The van der Waals surface area contributed by atoms with Crippen LogP contribution in [-0.4, -0.2) is 21.9 Å². The van der Waals surface area contributed by atoms with Crippen molar-refractivity contribution < 1.29 is 10.2 Å². The molecular weight excluding hydrogens is 152 g/mol. The van der Waals surface area contributed by atoms with Gasteiger partial charge in [-0.05, 0) is 19.8 Å². The summed E-state index contributed by atoms with van der Waals surface area (Å²) in [6.07, 6.45) is 3.79. The van der Waals surface area contributed by atoms with Crippen LogP contribution in [0.25, 0.3) is 0 Å². The molecule has 0 fully saturated rings. The van der Waals surface area contributed by atoms with Gasteiger partial charge in [0, 0.05) is 6.42 Å². The molecule has 0 aliphatic rings. The lowest BCUT2D eigenvalue weighted by molar-refractivity contribution is -0.0172. The molecule has 0 heterocycles. The molecule has 0 amide bonds. The fourth-order valence-electron chi connectivity index (χ4n) is 1.48. The predicted molar refractivity (Wildman–Crippen MR) is 51.1 cm³/mol. The van der Waals surface area contributed by atoms with Crippen molar-refractivity contribution in [2.45, 2.75) is 64.6 Å². The Balaban J connectivity index is 3.86. The van der Waals surface area contributed by atoms with E-state index >= 15 is 0 Å². The molecule has 2 nitrogen and oxygen atoms in total. The molecule has 2 heteroatoms. The fraction of sp³-hybridized carbons (Fsp3) is 1.00. The van der Waals surface area contributed by atoms with E-state index in [0.717, 1.165) is 25.7 Å². The van der Waals surface area contributed by atoms with E-state index < -0.39 is 11.7 Å². The van der Waals surface area contributed by atoms with Crippen LogP contribution in [-0.2, 0) is 0 Å². The van der Waals surface area contributed by atoms with Crippen molar-refractivity contribution in [3.63, 3.8) is 0 Å². The first-order chi connectivity index (χ1) is 5.54. The van der Waals surface area contributed by atoms with E-state index in [0.29, 0.717) is 6.42 Å². The van der Waals surface area contributed by atoms with Crippen molar-refractivity contribution in [3.05, 3.63) is 0 Å². The Morgan fingerprint density at radius 2 is 1.92 bits per heavy atom. The van der Waals surface area contributed by atoms with E-state index in [1.165, 1.54) is 0 Å². The van der Waals surface area contributed by atoms with Gasteiger partial charge in [0.1, 0.15) is 0 Å². The molecule has 0 saturated heterocycles. The first kappa shape index (κ1) is 11.9. The van der Waals surface area contributed by atoms with Crippen LogP contribution in [0.5, 0.6) is 0 Å². The van der Waals surface area contributed by atoms with Gasteiger partial charge in [-0.25, -0.2) is 0 Å². The highest BCUT2D eigenvalue weighted by Gasteiger charge is 2.25. The van der Waals surface area contributed by atoms with E-state index in [-0.39, 0.29) is 0 Å². The lowest BCUT2D eigenvalue weighted by atomic mass is 9.88. The van der Waals surface area contributed by atoms with E-state index in [1.54, 1.807) is 6.92 Å². The largest absolute Gasteiger partial charge is 0.393 e. The summed E-state index contributed by atoms with van der Waals surface area (Å²) >= 11 is 0. The Labute approximate surface area is 75.6 Å². The second-order valence-electron chi connectivity index (χ2n) is 3.73. The molecule has 2 atom stereocenters. The summed E-state index contributed by atoms with van der Waals surface area (Å²) < 4.78 is 0. The molecule has 0 aliphatic heterocycles. The molecule has 12 heavy (non-hydrogen) atoms. The molecule has 2 unspecified atom stereocenters. The minimum Gasteiger partial charge on any atom is -0.393 e. The van der Waals surface area contributed by atoms with Gasteiger partial charge in [0.05, 0.1) is 11.7 Å². The van der Waals surface area contributed by atoms with Gasteiger partial charge in [0.2, 0.25) is 0 Å². The van der Waals surface area contributed by atoms with Crippen molar-refractivity contribution in [3.8, 4) is 0 Å². The fourth-order valence-corrected chi connectivity index (χ4v) is 1.48. The lowest BCUT2D eigenvalue weighted by Gasteiger charge is -2.27. The number of unbranched alkanes of at least 4 members (excludes halogenated alkanes) is 1. The monoisotopic (exact) mass is 174 g/mol. The Bertz CT molecular complexity index is 112. The maximum atomic E-state index is 9.96. The van der Waals surface area contributed by atoms with Gasteiger partial charge in [-0.2, -0.15) is 0 Å². The molecule has 0 spiro atoms. The summed E-state index contributed by atoms with van der Waals surface area (Å²) in [5.41, 5.74) is -0.635. The van der Waals surface area contributed by atoms with E-state index in [1.807, 2.05) is 6.92 Å². The van der Waals surface area contributed by atoms with Crippen LogP contribution >= 0.6 is 0 Å². The Hall–Kier alpha value is -0.0800. The average Bonchev–Trinajstić information content (AvgIpc) is 2.00. The van der Waals surface area contributed by atoms with Gasteiger partial charge >= 0.3 is 0 Å². The third kappa shape index (κ3) is 4.73. The Morgan fingerprint density at radius 1 is 1.33 bits per heavy atom. The SMILES string of the molecule is CCCCC(O)(CC)CC(C)O. The molecule has 0 radical (unpaired) electrons. The topological polar surface area (TPSA) is 40.5 Å². The Kier molecular flexibility index (Phi) is 5.51. The van der Waals surface area contributed by atoms with Crippen molar-refractivity contribution in [1.29, 1.82) is 0 Å². The first-order valence-corrected chi connectivity index (χ1v) is 4.94. The van der Waals surface area contributed by atoms with Crippen LogP contribution in [0.15, 0.2) is 0 Å². The van der Waals surface area contributed by atoms with Crippen LogP contribution < -0.4 is 0 Å². The average molecular weight is 174 g/mol. The van der Waals surface area contributed by atoms with Gasteiger partial charge in [0.15, 0.2) is 0 Å². The zero-order valence-corrected chi connectivity index (χ0v) is 8.51. The van der Waals surface area contributed by atoms with Crippen molar-refractivity contribution in [2.24, 2.45) is 0 Å². The van der Waals surface area contributed by atoms with Gasteiger partial charge in [-0.15, -0.1) is 0 Å². The van der Waals surface area contributed by atoms with Crippen LogP contribution in [0.2, 0.25) is 0 Å². The summed E-state index contributed by atoms with van der Waals surface area (Å²) in [6.45, 7) is 5.81. The summed E-state index contributed by atoms with van der Waals surface area (Å²) in [6, 6.07) is 0. The maximum Gasteiger partial charge on any atom is 0.0669 e. The van der Waals surface area contributed by atoms with Crippen molar-refractivity contribution in [2.75, 3.05) is 0 Å². The third-order valence-corrected chi connectivity index (χ3v) is 2.33. The van der Waals surface area contributed by atoms with E-state index in [4.69, 9.17) is 5.11 Å². The molecule has 0 aliphatic carbocycles. The quantitative estimate of drug-likeness (QED) is 0.647. The summed E-state index contributed by atoms with van der Waals surface area (Å²) in [4.78, 5) is 0. The number of rotatable bonds is 6. The van der Waals surface area contributed by atoms with E-state index in [9.17, 15) is 5.11 Å². The van der Waals surface area contributed by atoms with Crippen LogP contribution in [0.4, 0.5) is 0 Å². The predicted octanol–water partition coefficient (Wildman–Crippen LogP) is 2.09. The second kappa shape index (κ2) is 5.55. The molecule has 74 valence electrons. The summed E-state index contributed by atoms with van der Waals surface area (Å²) in [7, 11) is 0. The van der Waals surface area contributed by atoms with Crippen LogP contribution in [0, 0.1) is 0 Å². The normalized spacial score (nSPS) is 18.8. The van der Waals surface area contributed by atoms with Crippen LogP contribution in [0.1, 0.15) is 52.9 Å². The number of aliphatic hydroxyl groups is 2. The van der Waals surface area contributed by atoms with Gasteiger partial charge in [-0.1, -0.05) is 26.7 Å². The summed E-state index contributed by atoms with van der Waals surface area (Å²) in [5.74, 6) is 0. The third-order valence-electron chi connectivity index (χ3n) is 2.33. The minimum absolute atomic E-state index is 0.396. The van der Waals surface area contributed by atoms with Gasteiger partial charge in [0.25, 0.3) is 0 Å². The molecule has 0 bridgehead atoms. The molecule has 2 N–H and O–H groups in total. The van der Waals surface area contributed by atoms with Crippen LogP contribution in [0.3, 0.4) is 0 Å². The highest BCUT2D eigenvalue weighted by Crippen LogP contribution is 2.23. The lowest BCUT2D eigenvalue weighted by Crippen LogP contribution is -2.31. The molecule has 0 saturated carbocycles. The number of hydrogen-bond acceptors (Lipinski definition) is 2. The Morgan fingerprint density at radius 3 is 2.25 bits per heavy atom. The van der Waals surface area contributed by atoms with Gasteiger partial charge in [-0.3, -0.25) is 0 Å². The molecule has 0 aromatic carbocycles. The smallest absolute Gasteiger partial charge is 0.0669 e. The van der Waals surface area contributed by atoms with E-state index in [2.05, 4.69) is 6.92 Å². The highest BCUT2D eigenvalue weighted by molar-refractivity contribution is 4.78. The first-order valence-electron chi connectivity index (χ1n) is 4.94. The minimum atomic E-state index is -0.635. The number of hydrogen-bond donors (Lipinski definition) is 2. The molecule has 0 aromatic heterocycles. The standard InChI is InChI=1S/C10H22O2/c1-4-6-7-10(12,5-2)8-9(3)11/h9,11-12H,4-8H2,1-3H3. The van der Waals surface area contributed by atoms with Gasteiger partial charge < -0.3 is 10.2 Å².